The van der Waals surface area contributed by atoms with Crippen molar-refractivity contribution >= 4 is 11.6 Å². The van der Waals surface area contributed by atoms with Gasteiger partial charge in [-0.15, -0.1) is 0 Å². The van der Waals surface area contributed by atoms with E-state index in [4.69, 9.17) is 11.5 Å². The molecule has 7 N–H and O–H groups in total. The predicted molar refractivity (Wildman–Crippen MR) is 96.4 cm³/mol. The number of halogens is 2. The van der Waals surface area contributed by atoms with E-state index in [1.54, 1.807) is 18.2 Å². The highest BCUT2D eigenvalue weighted by Gasteiger charge is 2.35. The first-order valence-electron chi connectivity index (χ1n) is 8.45. The fourth-order valence-electron chi connectivity index (χ4n) is 2.99. The fourth-order valence-corrected chi connectivity index (χ4v) is 2.99. The van der Waals surface area contributed by atoms with Crippen LogP contribution in [0.3, 0.4) is 0 Å². The number of hydrogen-bond acceptors (Lipinski definition) is 7. The van der Waals surface area contributed by atoms with E-state index in [0.717, 1.165) is 0 Å². The number of anilines is 1. The second-order valence-electron chi connectivity index (χ2n) is 6.25. The van der Waals surface area contributed by atoms with Crippen LogP contribution in [0, 0.1) is 11.9 Å². The molecule has 27 heavy (non-hydrogen) atoms. The summed E-state index contributed by atoms with van der Waals surface area (Å²) >= 11 is 0. The maximum atomic E-state index is 14.1. The van der Waals surface area contributed by atoms with Crippen molar-refractivity contribution in [2.45, 2.75) is 18.5 Å². The van der Waals surface area contributed by atoms with Gasteiger partial charge in [0.05, 0.1) is 30.1 Å². The predicted octanol–water partition coefficient (Wildman–Crippen LogP) is -0.0621. The minimum Gasteiger partial charge on any atom is -0.324 e. The van der Waals surface area contributed by atoms with Crippen molar-refractivity contribution in [3.8, 4) is 11.1 Å². The van der Waals surface area contributed by atoms with Crippen LogP contribution in [0.15, 0.2) is 36.8 Å². The molecule has 144 valence electrons. The van der Waals surface area contributed by atoms with E-state index in [1.165, 1.54) is 18.6 Å². The molecular formula is C17H21F2N7O. The van der Waals surface area contributed by atoms with E-state index in [-0.39, 0.29) is 18.7 Å². The average Bonchev–Trinajstić information content (AvgIpc) is 2.64. The molecule has 10 heteroatoms. The van der Waals surface area contributed by atoms with Crippen LogP contribution in [0.1, 0.15) is 0 Å². The number of aromatic nitrogens is 2. The van der Waals surface area contributed by atoms with E-state index in [0.29, 0.717) is 11.3 Å². The number of pyridine rings is 2. The zero-order valence-corrected chi connectivity index (χ0v) is 14.4. The summed E-state index contributed by atoms with van der Waals surface area (Å²) in [6.45, 7) is 0.181. The van der Waals surface area contributed by atoms with Crippen molar-refractivity contribution in [1.29, 1.82) is 0 Å². The number of carbonyl (C=O) groups excluding carboxylic acids is 1. The number of nitrogens with one attached hydrogen (secondary N) is 3. The molecule has 8 nitrogen and oxygen atoms in total. The van der Waals surface area contributed by atoms with Crippen molar-refractivity contribution in [2.75, 3.05) is 18.4 Å². The van der Waals surface area contributed by atoms with Gasteiger partial charge in [0, 0.05) is 36.6 Å². The molecule has 1 aliphatic rings. The van der Waals surface area contributed by atoms with Crippen LogP contribution in [0.2, 0.25) is 0 Å². The number of rotatable bonds is 5. The smallest absolute Gasteiger partial charge is 0.233 e. The topological polar surface area (TPSA) is 131 Å². The molecule has 0 aliphatic carbocycles. The SMILES string of the molecule is NC(N)C(C(=O)Nc1cnccc1-c1cccnc1F)C1NCC(F)CN1. The summed E-state index contributed by atoms with van der Waals surface area (Å²) in [5.41, 5.74) is 12.5. The highest BCUT2D eigenvalue weighted by atomic mass is 19.1. The number of alkyl halides is 1. The lowest BCUT2D eigenvalue weighted by Gasteiger charge is -2.34. The lowest BCUT2D eigenvalue weighted by Crippen LogP contribution is -2.64. The lowest BCUT2D eigenvalue weighted by molar-refractivity contribution is -0.122. The number of carbonyl (C=O) groups is 1. The molecule has 1 saturated heterocycles. The van der Waals surface area contributed by atoms with Crippen molar-refractivity contribution in [3.05, 3.63) is 42.7 Å². The monoisotopic (exact) mass is 377 g/mol. The van der Waals surface area contributed by atoms with Crippen molar-refractivity contribution in [3.63, 3.8) is 0 Å². The van der Waals surface area contributed by atoms with Gasteiger partial charge in [0.15, 0.2) is 0 Å². The van der Waals surface area contributed by atoms with Crippen LogP contribution in [-0.2, 0) is 4.79 Å². The maximum Gasteiger partial charge on any atom is 0.233 e. The summed E-state index contributed by atoms with van der Waals surface area (Å²) in [5.74, 6) is -2.05. The van der Waals surface area contributed by atoms with Crippen molar-refractivity contribution in [1.82, 2.24) is 20.6 Å². The molecule has 2 aromatic rings. The molecule has 0 bridgehead atoms. The van der Waals surface area contributed by atoms with Gasteiger partial charge in [-0.3, -0.25) is 20.4 Å². The van der Waals surface area contributed by atoms with Crippen LogP contribution in [-0.4, -0.2) is 47.5 Å². The Morgan fingerprint density at radius 2 is 1.96 bits per heavy atom. The highest BCUT2D eigenvalue weighted by molar-refractivity contribution is 5.97. The van der Waals surface area contributed by atoms with Crippen molar-refractivity contribution < 1.29 is 13.6 Å². The molecule has 2 aromatic heterocycles. The summed E-state index contributed by atoms with van der Waals surface area (Å²) in [7, 11) is 0. The zero-order chi connectivity index (χ0) is 19.4. The van der Waals surface area contributed by atoms with Gasteiger partial charge in [-0.1, -0.05) is 0 Å². The first-order chi connectivity index (χ1) is 13.0. The van der Waals surface area contributed by atoms with E-state index < -0.39 is 36.3 Å². The molecule has 1 fully saturated rings. The third kappa shape index (κ3) is 4.42. The van der Waals surface area contributed by atoms with Gasteiger partial charge in [-0.2, -0.15) is 4.39 Å². The maximum absolute atomic E-state index is 14.1. The summed E-state index contributed by atoms with van der Waals surface area (Å²) in [6.07, 6.45) is 1.57. The van der Waals surface area contributed by atoms with Crippen LogP contribution in [0.5, 0.6) is 0 Å². The normalized spacial score (nSPS) is 21.1. The molecule has 0 spiro atoms. The van der Waals surface area contributed by atoms with Gasteiger partial charge >= 0.3 is 0 Å². The zero-order valence-electron chi connectivity index (χ0n) is 14.4. The Bertz CT molecular complexity index is 796. The largest absolute Gasteiger partial charge is 0.324 e. The standard InChI is InChI=1S/C17H21F2N7O/c18-9-6-24-16(25-7-9)13(15(20)21)17(27)26-12-8-22-5-3-10(12)11-2-1-4-23-14(11)19/h1-5,8-9,13,15-16,24-25H,6-7,20-21H2,(H,26,27). The van der Waals surface area contributed by atoms with Gasteiger partial charge in [-0.05, 0) is 18.2 Å². The van der Waals surface area contributed by atoms with Crippen LogP contribution in [0.25, 0.3) is 11.1 Å². The number of amides is 1. The molecule has 1 aliphatic heterocycles. The molecule has 1 atom stereocenters. The molecule has 0 saturated carbocycles. The molecule has 1 unspecified atom stereocenters. The Morgan fingerprint density at radius 1 is 1.22 bits per heavy atom. The molecule has 0 radical (unpaired) electrons. The van der Waals surface area contributed by atoms with E-state index >= 15 is 0 Å². The van der Waals surface area contributed by atoms with Crippen LogP contribution in [0.4, 0.5) is 14.5 Å². The Morgan fingerprint density at radius 3 is 2.63 bits per heavy atom. The number of nitrogens with zero attached hydrogens (tertiary/aromatic N) is 2. The summed E-state index contributed by atoms with van der Waals surface area (Å²) < 4.78 is 27.4. The van der Waals surface area contributed by atoms with Gasteiger partial charge in [0.1, 0.15) is 6.17 Å². The second kappa shape index (κ2) is 8.44. The summed E-state index contributed by atoms with van der Waals surface area (Å²) in [4.78, 5) is 20.4. The third-order valence-corrected chi connectivity index (χ3v) is 4.32. The minimum absolute atomic E-state index is 0.0905. The molecule has 3 rings (SSSR count). The van der Waals surface area contributed by atoms with Gasteiger partial charge < -0.3 is 16.8 Å². The Hall–Kier alpha value is -2.53. The Kier molecular flexibility index (Phi) is 6.01. The number of hydrogen-bond donors (Lipinski definition) is 5. The quantitative estimate of drug-likeness (QED) is 0.364. The number of nitrogens with two attached hydrogens (primary N) is 2. The highest BCUT2D eigenvalue weighted by Crippen LogP contribution is 2.28. The summed E-state index contributed by atoms with van der Waals surface area (Å²) in [6, 6.07) is 4.70. The van der Waals surface area contributed by atoms with Gasteiger partial charge in [0.2, 0.25) is 11.9 Å². The molecule has 0 aromatic carbocycles. The fraction of sp³-hybridized carbons (Fsp3) is 0.353. The van der Waals surface area contributed by atoms with Gasteiger partial charge in [-0.25, -0.2) is 9.37 Å². The van der Waals surface area contributed by atoms with Crippen molar-refractivity contribution in [2.24, 2.45) is 17.4 Å². The Labute approximate surface area is 154 Å². The van der Waals surface area contributed by atoms with E-state index in [1.807, 2.05) is 0 Å². The summed E-state index contributed by atoms with van der Waals surface area (Å²) in [5, 5.41) is 8.46. The van der Waals surface area contributed by atoms with E-state index in [2.05, 4.69) is 25.9 Å². The first-order valence-corrected chi connectivity index (χ1v) is 8.45. The lowest BCUT2D eigenvalue weighted by atomic mass is 9.99. The first kappa shape index (κ1) is 19.2. The molecule has 3 heterocycles. The third-order valence-electron chi connectivity index (χ3n) is 4.32. The van der Waals surface area contributed by atoms with Crippen LogP contribution < -0.4 is 27.4 Å². The van der Waals surface area contributed by atoms with Crippen LogP contribution >= 0.6 is 0 Å². The van der Waals surface area contributed by atoms with Gasteiger partial charge in [0.25, 0.3) is 0 Å². The minimum atomic E-state index is -1.06. The Balaban J connectivity index is 1.84. The second-order valence-corrected chi connectivity index (χ2v) is 6.25. The van der Waals surface area contributed by atoms with E-state index in [9.17, 15) is 13.6 Å². The molecular weight excluding hydrogens is 356 g/mol. The molecule has 1 amide bonds. The average molecular weight is 377 g/mol.